The molecule has 4 N–H and O–H groups in total. The zero-order chi connectivity index (χ0) is 13.7. The van der Waals surface area contributed by atoms with Crippen molar-refractivity contribution in [3.63, 3.8) is 0 Å². The van der Waals surface area contributed by atoms with Crippen LogP contribution >= 0.6 is 11.8 Å². The quantitative estimate of drug-likeness (QED) is 0.603. The third-order valence-corrected chi connectivity index (χ3v) is 3.54. The van der Waals surface area contributed by atoms with Crippen molar-refractivity contribution in [1.82, 2.24) is 9.97 Å². The van der Waals surface area contributed by atoms with Crippen LogP contribution in [0.1, 0.15) is 5.69 Å². The van der Waals surface area contributed by atoms with Gasteiger partial charge in [-0.3, -0.25) is 0 Å². The number of anilines is 1. The molecule has 0 aliphatic carbocycles. The molecule has 0 radical (unpaired) electrons. The molecular weight excluding hydrogens is 262 g/mol. The predicted octanol–water partition coefficient (Wildman–Crippen LogP) is 1.44. The first-order valence-electron chi connectivity index (χ1n) is 6.00. The average molecular weight is 279 g/mol. The van der Waals surface area contributed by atoms with E-state index >= 15 is 0 Å². The van der Waals surface area contributed by atoms with E-state index in [-0.39, 0.29) is 5.69 Å². The van der Waals surface area contributed by atoms with E-state index in [2.05, 4.69) is 15.3 Å². The van der Waals surface area contributed by atoms with Crippen LogP contribution in [0.4, 0.5) is 5.69 Å². The number of imidazole rings is 1. The van der Waals surface area contributed by atoms with Crippen molar-refractivity contribution in [2.24, 2.45) is 0 Å². The van der Waals surface area contributed by atoms with E-state index in [0.29, 0.717) is 18.7 Å². The molecule has 0 aliphatic heterocycles. The molecule has 2 aromatic rings. The van der Waals surface area contributed by atoms with Gasteiger partial charge in [-0.05, 0) is 18.4 Å². The van der Waals surface area contributed by atoms with Gasteiger partial charge in [0.25, 0.3) is 0 Å². The van der Waals surface area contributed by atoms with Gasteiger partial charge in [-0.1, -0.05) is 12.1 Å². The number of para-hydroxylation sites is 1. The standard InChI is InChI=1S/C13H17N3O2S/c1-19-12-5-3-2-4-11(12)14-8-10(17)6-9-7-15-13(18)16-9/h2-5,7,10,14,17H,6,8H2,1H3,(H2,15,16,18). The maximum atomic E-state index is 10.9. The smallest absolute Gasteiger partial charge is 0.323 e. The van der Waals surface area contributed by atoms with Crippen molar-refractivity contribution in [3.8, 4) is 0 Å². The molecule has 1 heterocycles. The number of aromatic amines is 2. The van der Waals surface area contributed by atoms with E-state index in [0.717, 1.165) is 10.6 Å². The Morgan fingerprint density at radius 2 is 2.21 bits per heavy atom. The number of aliphatic hydroxyl groups excluding tert-OH is 1. The van der Waals surface area contributed by atoms with Gasteiger partial charge in [-0.25, -0.2) is 4.79 Å². The van der Waals surface area contributed by atoms with Gasteiger partial charge < -0.3 is 20.4 Å². The van der Waals surface area contributed by atoms with E-state index in [1.807, 2.05) is 30.5 Å². The maximum Gasteiger partial charge on any atom is 0.323 e. The SMILES string of the molecule is CSc1ccccc1NCC(O)Cc1c[nH]c(=O)[nH]1. The first-order valence-corrected chi connectivity index (χ1v) is 7.23. The molecule has 0 saturated carbocycles. The molecule has 5 nitrogen and oxygen atoms in total. The van der Waals surface area contributed by atoms with Crippen LogP contribution in [-0.2, 0) is 6.42 Å². The Balaban J connectivity index is 1.89. The van der Waals surface area contributed by atoms with Gasteiger partial charge >= 0.3 is 5.69 Å². The topological polar surface area (TPSA) is 80.9 Å². The predicted molar refractivity (Wildman–Crippen MR) is 77.8 cm³/mol. The summed E-state index contributed by atoms with van der Waals surface area (Å²) in [6.07, 6.45) is 3.46. The lowest BCUT2D eigenvalue weighted by molar-refractivity contribution is 0.187. The average Bonchev–Trinajstić information content (AvgIpc) is 2.82. The lowest BCUT2D eigenvalue weighted by Crippen LogP contribution is -2.22. The Bertz CT molecular complexity index is 579. The lowest BCUT2D eigenvalue weighted by atomic mass is 10.2. The van der Waals surface area contributed by atoms with Crippen LogP contribution in [0.2, 0.25) is 0 Å². The van der Waals surface area contributed by atoms with Gasteiger partial charge in [0.05, 0.1) is 6.10 Å². The van der Waals surface area contributed by atoms with Crippen molar-refractivity contribution in [2.75, 3.05) is 18.1 Å². The molecule has 1 aromatic carbocycles. The second-order valence-corrected chi connectivity index (χ2v) is 5.06. The van der Waals surface area contributed by atoms with E-state index in [1.165, 1.54) is 0 Å². The fourth-order valence-electron chi connectivity index (χ4n) is 1.83. The Kier molecular flexibility index (Phi) is 4.70. The largest absolute Gasteiger partial charge is 0.391 e. The number of thioether (sulfide) groups is 1. The fraction of sp³-hybridized carbons (Fsp3) is 0.308. The van der Waals surface area contributed by atoms with Gasteiger partial charge in [0.2, 0.25) is 0 Å². The van der Waals surface area contributed by atoms with Crippen LogP contribution < -0.4 is 11.0 Å². The number of aromatic nitrogens is 2. The summed E-state index contributed by atoms with van der Waals surface area (Å²) in [6, 6.07) is 7.95. The molecule has 1 atom stereocenters. The molecule has 2 rings (SSSR count). The van der Waals surface area contributed by atoms with Crippen LogP contribution in [0.25, 0.3) is 0 Å². The van der Waals surface area contributed by atoms with Crippen molar-refractivity contribution >= 4 is 17.4 Å². The summed E-state index contributed by atoms with van der Waals surface area (Å²) in [7, 11) is 0. The number of H-pyrrole nitrogens is 2. The van der Waals surface area contributed by atoms with Gasteiger partial charge in [0.1, 0.15) is 0 Å². The maximum absolute atomic E-state index is 10.9. The first-order chi connectivity index (χ1) is 9.19. The van der Waals surface area contributed by atoms with Crippen LogP contribution in [0.5, 0.6) is 0 Å². The summed E-state index contributed by atoms with van der Waals surface area (Å²) in [6.45, 7) is 0.435. The van der Waals surface area contributed by atoms with Crippen molar-refractivity contribution in [2.45, 2.75) is 17.4 Å². The summed E-state index contributed by atoms with van der Waals surface area (Å²) in [5.41, 5.74) is 1.47. The van der Waals surface area contributed by atoms with E-state index in [9.17, 15) is 9.90 Å². The van der Waals surface area contributed by atoms with Crippen molar-refractivity contribution < 1.29 is 5.11 Å². The minimum atomic E-state index is -0.554. The number of nitrogens with one attached hydrogen (secondary N) is 3. The Labute approximate surface area is 115 Å². The Hall–Kier alpha value is -1.66. The molecule has 0 fully saturated rings. The second-order valence-electron chi connectivity index (χ2n) is 4.21. The molecule has 6 heteroatoms. The van der Waals surface area contributed by atoms with Crippen LogP contribution in [0, 0.1) is 0 Å². The third kappa shape index (κ3) is 3.90. The number of benzene rings is 1. The van der Waals surface area contributed by atoms with E-state index in [1.54, 1.807) is 18.0 Å². The highest BCUT2D eigenvalue weighted by molar-refractivity contribution is 7.98. The third-order valence-electron chi connectivity index (χ3n) is 2.74. The number of aliphatic hydroxyl groups is 1. The number of rotatable bonds is 6. The van der Waals surface area contributed by atoms with Gasteiger partial charge in [0, 0.05) is 35.4 Å². The molecule has 1 aromatic heterocycles. The first kappa shape index (κ1) is 13.8. The van der Waals surface area contributed by atoms with Crippen molar-refractivity contribution in [1.29, 1.82) is 0 Å². The summed E-state index contributed by atoms with van der Waals surface area (Å²) in [4.78, 5) is 17.2. The second kappa shape index (κ2) is 6.49. The van der Waals surface area contributed by atoms with Crippen LogP contribution in [-0.4, -0.2) is 34.0 Å². The van der Waals surface area contributed by atoms with Gasteiger partial charge in [0.15, 0.2) is 0 Å². The molecule has 102 valence electrons. The zero-order valence-electron chi connectivity index (χ0n) is 10.6. The normalized spacial score (nSPS) is 12.3. The minimum Gasteiger partial charge on any atom is -0.391 e. The highest BCUT2D eigenvalue weighted by Crippen LogP contribution is 2.24. The molecular formula is C13H17N3O2S. The summed E-state index contributed by atoms with van der Waals surface area (Å²) in [5.74, 6) is 0. The van der Waals surface area contributed by atoms with E-state index < -0.39 is 6.10 Å². The molecule has 0 amide bonds. The lowest BCUT2D eigenvalue weighted by Gasteiger charge is -2.14. The zero-order valence-corrected chi connectivity index (χ0v) is 11.5. The van der Waals surface area contributed by atoms with Gasteiger partial charge in [-0.15, -0.1) is 11.8 Å². The molecule has 0 aliphatic rings. The molecule has 1 unspecified atom stereocenters. The Morgan fingerprint density at radius 1 is 1.42 bits per heavy atom. The van der Waals surface area contributed by atoms with E-state index in [4.69, 9.17) is 0 Å². The molecule has 0 bridgehead atoms. The fourth-order valence-corrected chi connectivity index (χ4v) is 2.40. The summed E-state index contributed by atoms with van der Waals surface area (Å²) >= 11 is 1.66. The van der Waals surface area contributed by atoms with Crippen LogP contribution in [0.3, 0.4) is 0 Å². The van der Waals surface area contributed by atoms with Gasteiger partial charge in [-0.2, -0.15) is 0 Å². The summed E-state index contributed by atoms with van der Waals surface area (Å²) in [5, 5.41) is 13.1. The van der Waals surface area contributed by atoms with Crippen molar-refractivity contribution in [3.05, 3.63) is 46.6 Å². The minimum absolute atomic E-state index is 0.247. The number of hydrogen-bond acceptors (Lipinski definition) is 4. The monoisotopic (exact) mass is 279 g/mol. The molecule has 0 saturated heterocycles. The van der Waals surface area contributed by atoms with Crippen LogP contribution in [0.15, 0.2) is 40.2 Å². The number of hydrogen-bond donors (Lipinski definition) is 4. The Morgan fingerprint density at radius 3 is 2.89 bits per heavy atom. The highest BCUT2D eigenvalue weighted by atomic mass is 32.2. The highest BCUT2D eigenvalue weighted by Gasteiger charge is 2.08. The summed E-state index contributed by atoms with van der Waals surface area (Å²) < 4.78 is 0. The molecule has 19 heavy (non-hydrogen) atoms. The molecule has 0 spiro atoms.